The number of benzene rings is 1. The van der Waals surface area contributed by atoms with Gasteiger partial charge in [0.05, 0.1) is 12.5 Å². The van der Waals surface area contributed by atoms with Crippen LogP contribution in [-0.4, -0.2) is 30.2 Å². The third-order valence-corrected chi connectivity index (χ3v) is 4.65. The van der Waals surface area contributed by atoms with Gasteiger partial charge in [0.1, 0.15) is 0 Å². The van der Waals surface area contributed by atoms with Gasteiger partial charge in [-0.05, 0) is 36.8 Å². The summed E-state index contributed by atoms with van der Waals surface area (Å²) >= 11 is 0. The lowest BCUT2D eigenvalue weighted by Gasteiger charge is -2.29. The number of rotatable bonds is 6. The Hall–Kier alpha value is -1.88. The number of amides is 1. The minimum absolute atomic E-state index is 0.0774. The van der Waals surface area contributed by atoms with Crippen LogP contribution >= 0.6 is 0 Å². The number of aliphatic carboxylic acids is 1. The second kappa shape index (κ2) is 8.11. The second-order valence-corrected chi connectivity index (χ2v) is 6.25. The van der Waals surface area contributed by atoms with Crippen LogP contribution in [0.2, 0.25) is 0 Å². The number of aryl methyl sites for hydroxylation is 1. The number of carbonyl (C=O) groups excluding carboxylic acids is 1. The van der Waals surface area contributed by atoms with Crippen LogP contribution in [0.4, 0.5) is 0 Å². The summed E-state index contributed by atoms with van der Waals surface area (Å²) in [6.07, 6.45) is 1.64. The second-order valence-electron chi connectivity index (χ2n) is 6.25. The maximum absolute atomic E-state index is 12.6. The molecule has 1 heterocycles. The van der Waals surface area contributed by atoms with Crippen LogP contribution in [0.15, 0.2) is 24.3 Å². The Bertz CT molecular complexity index is 552. The fourth-order valence-electron chi connectivity index (χ4n) is 3.12. The molecular formula is C18H25NO4. The fourth-order valence-corrected chi connectivity index (χ4v) is 3.12. The molecule has 1 aromatic rings. The van der Waals surface area contributed by atoms with Crippen LogP contribution in [-0.2, 0) is 14.3 Å². The van der Waals surface area contributed by atoms with Crippen molar-refractivity contribution in [2.45, 2.75) is 39.2 Å². The first kappa shape index (κ1) is 17.5. The lowest BCUT2D eigenvalue weighted by molar-refractivity contribution is -0.138. The molecule has 0 bridgehead atoms. The van der Waals surface area contributed by atoms with Gasteiger partial charge in [-0.3, -0.25) is 9.59 Å². The molecule has 2 atom stereocenters. The molecule has 2 rings (SSSR count). The largest absolute Gasteiger partial charge is 0.481 e. The Kier molecular flexibility index (Phi) is 6.16. The van der Waals surface area contributed by atoms with E-state index in [1.54, 1.807) is 0 Å². The number of carboxylic acids is 1. The van der Waals surface area contributed by atoms with Crippen molar-refractivity contribution in [3.63, 3.8) is 0 Å². The molecule has 23 heavy (non-hydrogen) atoms. The highest BCUT2D eigenvalue weighted by molar-refractivity contribution is 5.80. The average Bonchev–Trinajstić information content (AvgIpc) is 2.54. The standard InChI is InChI=1S/C18H25NO4/c1-12-5-3-4-6-15(12)16(11-17(20)21)19-18(22)13(2)14-7-9-23-10-8-14/h3-6,13-14,16H,7-11H2,1-2H3,(H,19,22)(H,20,21). The Morgan fingerprint density at radius 2 is 1.96 bits per heavy atom. The predicted molar refractivity (Wildman–Crippen MR) is 87.0 cm³/mol. The topological polar surface area (TPSA) is 75.6 Å². The highest BCUT2D eigenvalue weighted by atomic mass is 16.5. The van der Waals surface area contributed by atoms with E-state index in [2.05, 4.69) is 5.32 Å². The van der Waals surface area contributed by atoms with E-state index in [9.17, 15) is 9.59 Å². The van der Waals surface area contributed by atoms with Crippen LogP contribution in [0, 0.1) is 18.8 Å². The number of ether oxygens (including phenoxy) is 1. The van der Waals surface area contributed by atoms with Gasteiger partial charge in [0, 0.05) is 19.1 Å². The van der Waals surface area contributed by atoms with Gasteiger partial charge in [-0.1, -0.05) is 31.2 Å². The summed E-state index contributed by atoms with van der Waals surface area (Å²) in [4.78, 5) is 23.8. The van der Waals surface area contributed by atoms with Gasteiger partial charge in [0.25, 0.3) is 0 Å². The summed E-state index contributed by atoms with van der Waals surface area (Å²) in [6.45, 7) is 5.23. The van der Waals surface area contributed by atoms with E-state index in [1.807, 2.05) is 38.1 Å². The van der Waals surface area contributed by atoms with E-state index in [0.717, 1.165) is 24.0 Å². The molecule has 1 saturated heterocycles. The molecule has 1 aromatic carbocycles. The highest BCUT2D eigenvalue weighted by Crippen LogP contribution is 2.26. The smallest absolute Gasteiger partial charge is 0.305 e. The maximum Gasteiger partial charge on any atom is 0.305 e. The Morgan fingerprint density at radius 3 is 2.57 bits per heavy atom. The lowest BCUT2D eigenvalue weighted by Crippen LogP contribution is -2.38. The molecular weight excluding hydrogens is 294 g/mol. The summed E-state index contributed by atoms with van der Waals surface area (Å²) in [5, 5.41) is 12.1. The van der Waals surface area contributed by atoms with Gasteiger partial charge < -0.3 is 15.2 Å². The molecule has 2 N–H and O–H groups in total. The normalized spacial score (nSPS) is 18.2. The molecule has 1 aliphatic heterocycles. The van der Waals surface area contributed by atoms with E-state index in [-0.39, 0.29) is 18.2 Å². The minimum Gasteiger partial charge on any atom is -0.481 e. The van der Waals surface area contributed by atoms with Crippen molar-refractivity contribution >= 4 is 11.9 Å². The van der Waals surface area contributed by atoms with Gasteiger partial charge in [-0.15, -0.1) is 0 Å². The first-order valence-corrected chi connectivity index (χ1v) is 8.14. The molecule has 1 fully saturated rings. The molecule has 5 nitrogen and oxygen atoms in total. The third-order valence-electron chi connectivity index (χ3n) is 4.65. The summed E-state index contributed by atoms with van der Waals surface area (Å²) < 4.78 is 5.34. The molecule has 0 saturated carbocycles. The SMILES string of the molecule is Cc1ccccc1C(CC(=O)O)NC(=O)C(C)C1CCOCC1. The first-order valence-electron chi connectivity index (χ1n) is 8.14. The van der Waals surface area contributed by atoms with E-state index >= 15 is 0 Å². The molecule has 1 aliphatic rings. The van der Waals surface area contributed by atoms with Gasteiger partial charge in [0.15, 0.2) is 0 Å². The summed E-state index contributed by atoms with van der Waals surface area (Å²) in [5.74, 6) is -0.839. The summed E-state index contributed by atoms with van der Waals surface area (Å²) in [5.41, 5.74) is 1.85. The number of nitrogens with one attached hydrogen (secondary N) is 1. The Labute approximate surface area is 137 Å². The van der Waals surface area contributed by atoms with Crippen molar-refractivity contribution < 1.29 is 19.4 Å². The molecule has 5 heteroatoms. The zero-order chi connectivity index (χ0) is 16.8. The number of carboxylic acid groups (broad SMARTS) is 1. The Morgan fingerprint density at radius 1 is 1.30 bits per heavy atom. The predicted octanol–water partition coefficient (Wildman–Crippen LogP) is 2.69. The highest BCUT2D eigenvalue weighted by Gasteiger charge is 2.28. The van der Waals surface area contributed by atoms with Crippen molar-refractivity contribution in [1.29, 1.82) is 0 Å². The average molecular weight is 319 g/mol. The van der Waals surface area contributed by atoms with Crippen molar-refractivity contribution in [2.24, 2.45) is 11.8 Å². The fraction of sp³-hybridized carbons (Fsp3) is 0.556. The van der Waals surface area contributed by atoms with Crippen LogP contribution in [0.25, 0.3) is 0 Å². The molecule has 2 unspecified atom stereocenters. The van der Waals surface area contributed by atoms with Crippen LogP contribution in [0.5, 0.6) is 0 Å². The first-order chi connectivity index (χ1) is 11.0. The van der Waals surface area contributed by atoms with E-state index in [4.69, 9.17) is 9.84 Å². The van der Waals surface area contributed by atoms with Crippen LogP contribution in [0.1, 0.15) is 43.4 Å². The number of hydrogen-bond donors (Lipinski definition) is 2. The number of hydrogen-bond acceptors (Lipinski definition) is 3. The minimum atomic E-state index is -0.919. The third kappa shape index (κ3) is 4.79. The monoisotopic (exact) mass is 319 g/mol. The summed E-state index contributed by atoms with van der Waals surface area (Å²) in [6, 6.07) is 7.08. The van der Waals surface area contributed by atoms with Gasteiger partial charge in [-0.2, -0.15) is 0 Å². The van der Waals surface area contributed by atoms with Crippen molar-refractivity contribution in [1.82, 2.24) is 5.32 Å². The Balaban J connectivity index is 2.09. The van der Waals surface area contributed by atoms with Crippen molar-refractivity contribution in [2.75, 3.05) is 13.2 Å². The van der Waals surface area contributed by atoms with Gasteiger partial charge in [-0.25, -0.2) is 0 Å². The molecule has 126 valence electrons. The molecule has 0 aromatic heterocycles. The molecule has 1 amide bonds. The molecule has 0 aliphatic carbocycles. The van der Waals surface area contributed by atoms with Crippen molar-refractivity contribution in [3.05, 3.63) is 35.4 Å². The van der Waals surface area contributed by atoms with E-state index in [1.165, 1.54) is 0 Å². The van der Waals surface area contributed by atoms with E-state index < -0.39 is 12.0 Å². The molecule has 0 spiro atoms. The quantitative estimate of drug-likeness (QED) is 0.845. The number of carbonyl (C=O) groups is 2. The van der Waals surface area contributed by atoms with Gasteiger partial charge >= 0.3 is 5.97 Å². The zero-order valence-electron chi connectivity index (χ0n) is 13.7. The maximum atomic E-state index is 12.6. The molecule has 0 radical (unpaired) electrons. The van der Waals surface area contributed by atoms with Gasteiger partial charge in [0.2, 0.25) is 5.91 Å². The lowest BCUT2D eigenvalue weighted by atomic mass is 9.86. The summed E-state index contributed by atoms with van der Waals surface area (Å²) in [7, 11) is 0. The van der Waals surface area contributed by atoms with Crippen LogP contribution < -0.4 is 5.32 Å². The van der Waals surface area contributed by atoms with Crippen LogP contribution in [0.3, 0.4) is 0 Å². The van der Waals surface area contributed by atoms with E-state index in [0.29, 0.717) is 19.1 Å². The zero-order valence-corrected chi connectivity index (χ0v) is 13.7. The van der Waals surface area contributed by atoms with Crippen molar-refractivity contribution in [3.8, 4) is 0 Å².